The van der Waals surface area contributed by atoms with Crippen molar-refractivity contribution >= 4 is 28.3 Å². The quantitative estimate of drug-likeness (QED) is 0.466. The Morgan fingerprint density at radius 2 is 2.00 bits per heavy atom. The average molecular weight is 531 g/mol. The molecular weight excluding hydrogens is 492 g/mol. The molecule has 1 amide bonds. The van der Waals surface area contributed by atoms with Crippen LogP contribution in [0.15, 0.2) is 31.0 Å². The number of aryl methyl sites for hydroxylation is 1. The van der Waals surface area contributed by atoms with Gasteiger partial charge in [0.1, 0.15) is 12.4 Å². The first-order chi connectivity index (χ1) is 19.1. The van der Waals surface area contributed by atoms with E-state index in [1.54, 1.807) is 0 Å². The highest BCUT2D eigenvalue weighted by Crippen LogP contribution is 2.36. The second-order valence-electron chi connectivity index (χ2n) is 10.8. The number of likely N-dealkylation sites (tertiary alicyclic amines) is 1. The minimum Gasteiger partial charge on any atom is -0.462 e. The van der Waals surface area contributed by atoms with Crippen molar-refractivity contribution in [2.45, 2.75) is 45.2 Å². The van der Waals surface area contributed by atoms with Crippen LogP contribution in [0.5, 0.6) is 6.01 Å². The number of benzene rings is 1. The van der Waals surface area contributed by atoms with Gasteiger partial charge in [-0.1, -0.05) is 19.6 Å². The van der Waals surface area contributed by atoms with Crippen LogP contribution in [0.25, 0.3) is 10.9 Å². The van der Waals surface area contributed by atoms with Crippen LogP contribution in [0, 0.1) is 0 Å². The van der Waals surface area contributed by atoms with E-state index in [0.29, 0.717) is 38.3 Å². The molecule has 5 heterocycles. The summed E-state index contributed by atoms with van der Waals surface area (Å²) < 4.78 is 6.28. The number of ether oxygens (including phenoxy) is 1. The largest absolute Gasteiger partial charge is 0.462 e. The van der Waals surface area contributed by atoms with E-state index in [1.807, 2.05) is 11.1 Å². The molecule has 39 heavy (non-hydrogen) atoms. The molecule has 3 aliphatic heterocycles. The van der Waals surface area contributed by atoms with Gasteiger partial charge in [-0.2, -0.15) is 15.1 Å². The lowest BCUT2D eigenvalue weighted by atomic mass is 10.00. The molecule has 6 rings (SSSR count). The van der Waals surface area contributed by atoms with Gasteiger partial charge in [-0.05, 0) is 57.0 Å². The summed E-state index contributed by atoms with van der Waals surface area (Å²) in [5.74, 6) is 0.942. The van der Waals surface area contributed by atoms with E-state index in [2.05, 4.69) is 57.6 Å². The molecule has 2 fully saturated rings. The lowest BCUT2D eigenvalue weighted by Gasteiger charge is -2.38. The first kappa shape index (κ1) is 25.6. The molecular formula is C29H38N8O2. The maximum absolute atomic E-state index is 12.2. The molecule has 0 saturated carbocycles. The smallest absolute Gasteiger partial charge is 0.318 e. The molecule has 10 heteroatoms. The number of rotatable bonds is 7. The summed E-state index contributed by atoms with van der Waals surface area (Å²) in [6.07, 6.45) is 7.46. The molecule has 0 bridgehead atoms. The number of hydrogen-bond acceptors (Lipinski definition) is 8. The lowest BCUT2D eigenvalue weighted by Crippen LogP contribution is -2.49. The van der Waals surface area contributed by atoms with Gasteiger partial charge in [0.25, 0.3) is 0 Å². The van der Waals surface area contributed by atoms with Gasteiger partial charge >= 0.3 is 6.01 Å². The number of anilines is 2. The molecule has 10 nitrogen and oxygen atoms in total. The molecule has 0 spiro atoms. The number of carbonyl (C=O) groups is 1. The van der Waals surface area contributed by atoms with Gasteiger partial charge < -0.3 is 24.3 Å². The van der Waals surface area contributed by atoms with E-state index in [-0.39, 0.29) is 5.91 Å². The fraction of sp³-hybridized carbons (Fsp3) is 0.517. The highest BCUT2D eigenvalue weighted by molar-refractivity contribution is 5.93. The van der Waals surface area contributed by atoms with Crippen molar-refractivity contribution in [1.29, 1.82) is 0 Å². The van der Waals surface area contributed by atoms with E-state index in [0.717, 1.165) is 67.9 Å². The Balaban J connectivity index is 1.32. The molecule has 206 valence electrons. The average Bonchev–Trinajstić information content (AvgIpc) is 3.63. The summed E-state index contributed by atoms with van der Waals surface area (Å²) in [6.45, 7) is 11.9. The molecule has 2 saturated heterocycles. The Kier molecular flexibility index (Phi) is 7.12. The Morgan fingerprint density at radius 3 is 2.74 bits per heavy atom. The van der Waals surface area contributed by atoms with E-state index >= 15 is 0 Å². The van der Waals surface area contributed by atoms with E-state index in [9.17, 15) is 4.79 Å². The van der Waals surface area contributed by atoms with Crippen molar-refractivity contribution in [3.63, 3.8) is 0 Å². The molecule has 2 aromatic heterocycles. The Morgan fingerprint density at radius 1 is 1.15 bits per heavy atom. The number of nitrogens with zero attached hydrogens (tertiary/aromatic N) is 7. The van der Waals surface area contributed by atoms with Gasteiger partial charge in [0, 0.05) is 49.7 Å². The first-order valence-electron chi connectivity index (χ1n) is 14.1. The van der Waals surface area contributed by atoms with Crippen molar-refractivity contribution in [3.05, 3.63) is 47.8 Å². The Hall–Kier alpha value is -3.66. The fourth-order valence-corrected chi connectivity index (χ4v) is 6.24. The Labute approximate surface area is 229 Å². The lowest BCUT2D eigenvalue weighted by molar-refractivity contribution is -0.126. The van der Waals surface area contributed by atoms with E-state index in [4.69, 9.17) is 14.7 Å². The third kappa shape index (κ3) is 4.93. The minimum atomic E-state index is -0.0140. The predicted molar refractivity (Wildman–Crippen MR) is 152 cm³/mol. The van der Waals surface area contributed by atoms with E-state index in [1.165, 1.54) is 29.3 Å². The van der Waals surface area contributed by atoms with Crippen molar-refractivity contribution in [1.82, 2.24) is 30.0 Å². The number of amides is 1. The summed E-state index contributed by atoms with van der Waals surface area (Å²) in [7, 11) is 2.16. The Bertz CT molecular complexity index is 1360. The maximum atomic E-state index is 12.2. The van der Waals surface area contributed by atoms with Crippen molar-refractivity contribution in [3.8, 4) is 6.01 Å². The SMILES string of the molecule is C=CC(=O)N1CCN(c2nc(OC[C@@H]3CCCN3C)nc3c2CCN(c2c(CC)ccc4[nH]ncc24)C3)CC1. The molecule has 0 aliphatic carbocycles. The van der Waals surface area contributed by atoms with Crippen LogP contribution in [0.4, 0.5) is 11.5 Å². The number of H-pyrrole nitrogens is 1. The normalized spacial score (nSPS) is 19.9. The molecule has 1 N–H and O–H groups in total. The van der Waals surface area contributed by atoms with Crippen LogP contribution < -0.4 is 14.5 Å². The number of piperazine rings is 1. The number of aromatic nitrogens is 4. The fourth-order valence-electron chi connectivity index (χ4n) is 6.24. The van der Waals surface area contributed by atoms with Crippen LogP contribution in [0.2, 0.25) is 0 Å². The van der Waals surface area contributed by atoms with Gasteiger partial charge in [-0.25, -0.2) is 0 Å². The highest BCUT2D eigenvalue weighted by Gasteiger charge is 2.30. The van der Waals surface area contributed by atoms with Gasteiger partial charge in [0.2, 0.25) is 5.91 Å². The van der Waals surface area contributed by atoms with E-state index < -0.39 is 0 Å². The second-order valence-corrected chi connectivity index (χ2v) is 10.8. The molecule has 1 aromatic carbocycles. The summed E-state index contributed by atoms with van der Waals surface area (Å²) in [5, 5.41) is 8.59. The summed E-state index contributed by atoms with van der Waals surface area (Å²) >= 11 is 0. The van der Waals surface area contributed by atoms with Gasteiger partial charge in [0.15, 0.2) is 0 Å². The monoisotopic (exact) mass is 530 g/mol. The summed E-state index contributed by atoms with van der Waals surface area (Å²) in [4.78, 5) is 31.1. The maximum Gasteiger partial charge on any atom is 0.318 e. The summed E-state index contributed by atoms with van der Waals surface area (Å²) in [5.41, 5.74) is 5.81. The van der Waals surface area contributed by atoms with Crippen LogP contribution in [0.1, 0.15) is 36.6 Å². The van der Waals surface area contributed by atoms with Crippen LogP contribution in [-0.4, -0.2) is 94.8 Å². The summed E-state index contributed by atoms with van der Waals surface area (Å²) in [6, 6.07) is 5.16. The second kappa shape index (κ2) is 10.8. The zero-order chi connectivity index (χ0) is 26.9. The van der Waals surface area contributed by atoms with Crippen LogP contribution >= 0.6 is 0 Å². The minimum absolute atomic E-state index is 0.0140. The zero-order valence-electron chi connectivity index (χ0n) is 23.0. The third-order valence-electron chi connectivity index (χ3n) is 8.54. The van der Waals surface area contributed by atoms with Crippen molar-refractivity contribution in [2.75, 3.05) is 62.7 Å². The van der Waals surface area contributed by atoms with Gasteiger partial charge in [0.05, 0.1) is 29.6 Å². The zero-order valence-corrected chi connectivity index (χ0v) is 23.0. The number of carbonyl (C=O) groups excluding carboxylic acids is 1. The van der Waals surface area contributed by atoms with Gasteiger partial charge in [-0.3, -0.25) is 9.89 Å². The standard InChI is InChI=1S/C29H38N8O2/c1-4-20-8-9-24-23(17-30-33-24)27(20)37-12-10-22-25(18-37)31-29(39-19-21-7-6-11-34(21)3)32-28(22)36-15-13-35(14-16-36)26(38)5-2/h5,8-9,17,21H,2,4,6-7,10-16,18-19H2,1,3H3,(H,30,33)/t21-/m0/s1. The number of hydrogen-bond donors (Lipinski definition) is 1. The molecule has 3 aliphatic rings. The number of nitrogens with one attached hydrogen (secondary N) is 1. The molecule has 1 atom stereocenters. The van der Waals surface area contributed by atoms with Crippen molar-refractivity contribution in [2.24, 2.45) is 0 Å². The molecule has 0 radical (unpaired) electrons. The number of fused-ring (bicyclic) bond motifs is 2. The third-order valence-corrected chi connectivity index (χ3v) is 8.54. The van der Waals surface area contributed by atoms with Crippen LogP contribution in [-0.2, 0) is 24.2 Å². The highest BCUT2D eigenvalue weighted by atomic mass is 16.5. The predicted octanol–water partition coefficient (Wildman–Crippen LogP) is 2.79. The van der Waals surface area contributed by atoms with Gasteiger partial charge in [-0.15, -0.1) is 0 Å². The topological polar surface area (TPSA) is 93.7 Å². The number of aromatic amines is 1. The van der Waals surface area contributed by atoms with Crippen LogP contribution in [0.3, 0.4) is 0 Å². The first-order valence-corrected chi connectivity index (χ1v) is 14.1. The molecule has 0 unspecified atom stereocenters. The number of likely N-dealkylation sites (N-methyl/N-ethyl adjacent to an activating group) is 1. The van der Waals surface area contributed by atoms with Crippen molar-refractivity contribution < 1.29 is 9.53 Å². The molecule has 3 aromatic rings.